The van der Waals surface area contributed by atoms with Crippen LogP contribution in [0.5, 0.6) is 5.75 Å². The lowest BCUT2D eigenvalue weighted by atomic mass is 10.1. The fourth-order valence-electron chi connectivity index (χ4n) is 2.41. The van der Waals surface area contributed by atoms with Crippen molar-refractivity contribution in [1.29, 1.82) is 0 Å². The van der Waals surface area contributed by atoms with Gasteiger partial charge >= 0.3 is 0 Å². The zero-order valence-corrected chi connectivity index (χ0v) is 15.4. The van der Waals surface area contributed by atoms with Crippen molar-refractivity contribution < 1.29 is 9.53 Å². The molecule has 24 heavy (non-hydrogen) atoms. The van der Waals surface area contributed by atoms with Gasteiger partial charge in [0.25, 0.3) is 5.91 Å². The quantitative estimate of drug-likeness (QED) is 0.680. The van der Waals surface area contributed by atoms with Crippen LogP contribution in [0.15, 0.2) is 57.6 Å². The van der Waals surface area contributed by atoms with Crippen LogP contribution < -0.4 is 9.75 Å². The van der Waals surface area contributed by atoms with Crippen LogP contribution in [0, 0.1) is 0 Å². The highest BCUT2D eigenvalue weighted by Crippen LogP contribution is 2.29. The van der Waals surface area contributed by atoms with Gasteiger partial charge < -0.3 is 4.74 Å². The van der Waals surface area contributed by atoms with Crippen LogP contribution in [0.1, 0.15) is 12.5 Å². The number of rotatable bonds is 3. The van der Waals surface area contributed by atoms with Gasteiger partial charge in [0, 0.05) is 5.02 Å². The third-order valence-electron chi connectivity index (χ3n) is 3.60. The number of anilines is 1. The molecule has 0 spiro atoms. The lowest BCUT2D eigenvalue weighted by Gasteiger charge is -2.11. The molecule has 0 radical (unpaired) electrons. The van der Waals surface area contributed by atoms with Crippen molar-refractivity contribution in [2.24, 2.45) is 5.10 Å². The summed E-state index contributed by atoms with van der Waals surface area (Å²) in [6, 6.07) is 12.7. The van der Waals surface area contributed by atoms with Gasteiger partial charge in [-0.05, 0) is 64.8 Å². The number of hydrogen-bond acceptors (Lipinski definition) is 3. The summed E-state index contributed by atoms with van der Waals surface area (Å²) in [5.41, 5.74) is 2.73. The van der Waals surface area contributed by atoms with Crippen LogP contribution in [0.25, 0.3) is 6.08 Å². The van der Waals surface area contributed by atoms with E-state index in [1.807, 2.05) is 31.2 Å². The summed E-state index contributed by atoms with van der Waals surface area (Å²) >= 11 is 9.45. The van der Waals surface area contributed by atoms with E-state index in [2.05, 4.69) is 21.0 Å². The molecular weight excluding hydrogens is 392 g/mol. The molecule has 0 fully saturated rings. The number of amides is 1. The fraction of sp³-hybridized carbons (Fsp3) is 0.111. The smallest absolute Gasteiger partial charge is 0.280 e. The molecule has 3 rings (SSSR count). The van der Waals surface area contributed by atoms with Crippen LogP contribution in [0.4, 0.5) is 5.69 Å². The van der Waals surface area contributed by atoms with Gasteiger partial charge in [-0.3, -0.25) is 4.79 Å². The van der Waals surface area contributed by atoms with E-state index in [4.69, 9.17) is 16.3 Å². The van der Waals surface area contributed by atoms with Crippen LogP contribution in [-0.2, 0) is 4.79 Å². The van der Waals surface area contributed by atoms with Gasteiger partial charge in [0.05, 0.1) is 28.6 Å². The van der Waals surface area contributed by atoms with Crippen molar-refractivity contribution in [2.75, 3.05) is 12.1 Å². The Balaban J connectivity index is 1.94. The van der Waals surface area contributed by atoms with Gasteiger partial charge in [-0.15, -0.1) is 0 Å². The number of carbonyl (C=O) groups is 1. The predicted octanol–water partition coefficient (Wildman–Crippen LogP) is 4.92. The van der Waals surface area contributed by atoms with Gasteiger partial charge in [0.2, 0.25) is 0 Å². The van der Waals surface area contributed by atoms with E-state index < -0.39 is 0 Å². The van der Waals surface area contributed by atoms with Crippen molar-refractivity contribution in [3.63, 3.8) is 0 Å². The Kier molecular flexibility index (Phi) is 4.73. The molecule has 2 aromatic carbocycles. The van der Waals surface area contributed by atoms with Crippen molar-refractivity contribution in [2.45, 2.75) is 6.92 Å². The standard InChI is InChI=1S/C18H14BrClN2O2/c1-11-15(8-12-6-7-17(24-2)16(19)9-12)18(23)22(21-11)14-5-3-4-13(20)10-14/h3-10H,1-2H3/b15-8+. The van der Waals surface area contributed by atoms with E-state index in [-0.39, 0.29) is 5.91 Å². The summed E-state index contributed by atoms with van der Waals surface area (Å²) < 4.78 is 6.04. The third-order valence-corrected chi connectivity index (χ3v) is 4.46. The molecule has 1 amide bonds. The molecule has 1 aliphatic rings. The van der Waals surface area contributed by atoms with Gasteiger partial charge in [-0.1, -0.05) is 23.7 Å². The first-order chi connectivity index (χ1) is 11.5. The third kappa shape index (κ3) is 3.23. The summed E-state index contributed by atoms with van der Waals surface area (Å²) in [6.07, 6.45) is 1.82. The molecular formula is C18H14BrClN2O2. The Morgan fingerprint density at radius 3 is 2.71 bits per heavy atom. The monoisotopic (exact) mass is 404 g/mol. The Bertz CT molecular complexity index is 877. The van der Waals surface area contributed by atoms with Gasteiger partial charge in [0.1, 0.15) is 5.75 Å². The normalized spacial score (nSPS) is 15.8. The van der Waals surface area contributed by atoms with Crippen LogP contribution >= 0.6 is 27.5 Å². The minimum atomic E-state index is -0.179. The number of ether oxygens (including phenoxy) is 1. The lowest BCUT2D eigenvalue weighted by molar-refractivity contribution is -0.114. The maximum Gasteiger partial charge on any atom is 0.280 e. The first-order valence-electron chi connectivity index (χ1n) is 7.20. The highest BCUT2D eigenvalue weighted by Gasteiger charge is 2.28. The molecule has 0 aliphatic carbocycles. The highest BCUT2D eigenvalue weighted by molar-refractivity contribution is 9.10. The van der Waals surface area contributed by atoms with Crippen molar-refractivity contribution in [3.05, 3.63) is 63.1 Å². The summed E-state index contributed by atoms with van der Waals surface area (Å²) in [4.78, 5) is 12.7. The molecule has 4 nitrogen and oxygen atoms in total. The molecule has 1 aliphatic heterocycles. The fourth-order valence-corrected chi connectivity index (χ4v) is 3.15. The van der Waals surface area contributed by atoms with Crippen molar-refractivity contribution >= 4 is 50.9 Å². The number of carbonyl (C=O) groups excluding carboxylic acids is 1. The Labute approximate surface area is 153 Å². The summed E-state index contributed by atoms with van der Waals surface area (Å²) in [5, 5.41) is 6.28. The number of halogens is 2. The first kappa shape index (κ1) is 16.7. The number of hydrogen-bond donors (Lipinski definition) is 0. The number of benzene rings is 2. The Morgan fingerprint density at radius 2 is 2.04 bits per heavy atom. The largest absolute Gasteiger partial charge is 0.496 e. The van der Waals surface area contributed by atoms with E-state index in [0.29, 0.717) is 22.0 Å². The molecule has 0 N–H and O–H groups in total. The van der Waals surface area contributed by atoms with Gasteiger partial charge in [0.15, 0.2) is 0 Å². The van der Waals surface area contributed by atoms with Crippen LogP contribution in [0.2, 0.25) is 5.02 Å². The van der Waals surface area contributed by atoms with Gasteiger partial charge in [-0.2, -0.15) is 10.1 Å². The minimum absolute atomic E-state index is 0.179. The minimum Gasteiger partial charge on any atom is -0.496 e. The molecule has 0 atom stereocenters. The van der Waals surface area contributed by atoms with Gasteiger partial charge in [-0.25, -0.2) is 0 Å². The maximum atomic E-state index is 12.7. The van der Waals surface area contributed by atoms with E-state index >= 15 is 0 Å². The lowest BCUT2D eigenvalue weighted by Crippen LogP contribution is -2.21. The average Bonchev–Trinajstić information content (AvgIpc) is 2.83. The summed E-state index contributed by atoms with van der Waals surface area (Å²) in [7, 11) is 1.61. The van der Waals surface area contributed by atoms with Crippen LogP contribution in [0.3, 0.4) is 0 Å². The zero-order chi connectivity index (χ0) is 17.3. The molecule has 0 bridgehead atoms. The molecule has 6 heteroatoms. The second-order valence-corrected chi connectivity index (χ2v) is 6.53. The van der Waals surface area contributed by atoms with Crippen molar-refractivity contribution in [1.82, 2.24) is 0 Å². The first-order valence-corrected chi connectivity index (χ1v) is 8.37. The molecule has 122 valence electrons. The summed E-state index contributed by atoms with van der Waals surface area (Å²) in [6.45, 7) is 1.81. The van der Waals surface area contributed by atoms with E-state index in [0.717, 1.165) is 15.8 Å². The predicted molar refractivity (Wildman–Crippen MR) is 101 cm³/mol. The maximum absolute atomic E-state index is 12.7. The Hall–Kier alpha value is -2.11. The van der Waals surface area contributed by atoms with Crippen molar-refractivity contribution in [3.8, 4) is 5.75 Å². The summed E-state index contributed by atoms with van der Waals surface area (Å²) in [5.74, 6) is 0.558. The topological polar surface area (TPSA) is 41.9 Å². The highest BCUT2D eigenvalue weighted by atomic mass is 79.9. The average molecular weight is 406 g/mol. The second-order valence-electron chi connectivity index (χ2n) is 5.23. The molecule has 0 saturated heterocycles. The SMILES string of the molecule is COc1ccc(/C=C2/C(=O)N(c3cccc(Cl)c3)N=C2C)cc1Br. The number of methoxy groups -OCH3 is 1. The zero-order valence-electron chi connectivity index (χ0n) is 13.1. The van der Waals surface area contributed by atoms with E-state index in [1.165, 1.54) is 5.01 Å². The number of hydrazone groups is 1. The Morgan fingerprint density at radius 1 is 1.25 bits per heavy atom. The molecule has 0 aromatic heterocycles. The molecule has 0 unspecified atom stereocenters. The number of nitrogens with zero attached hydrogens (tertiary/aromatic N) is 2. The second kappa shape index (κ2) is 6.79. The molecule has 2 aromatic rings. The van der Waals surface area contributed by atoms with E-state index in [1.54, 1.807) is 31.4 Å². The molecule has 1 heterocycles. The molecule has 0 saturated carbocycles. The van der Waals surface area contributed by atoms with Crippen LogP contribution in [-0.4, -0.2) is 18.7 Å². The van der Waals surface area contributed by atoms with E-state index in [9.17, 15) is 4.79 Å².